The summed E-state index contributed by atoms with van der Waals surface area (Å²) in [6, 6.07) is 12.0. The topological polar surface area (TPSA) is 99.9 Å². The van der Waals surface area contributed by atoms with E-state index in [0.717, 1.165) is 61.3 Å². The zero-order chi connectivity index (χ0) is 19.8. The van der Waals surface area contributed by atoms with Gasteiger partial charge in [0.25, 0.3) is 0 Å². The summed E-state index contributed by atoms with van der Waals surface area (Å²) in [5.74, 6) is 1.08. The fourth-order valence-electron chi connectivity index (χ4n) is 4.95. The van der Waals surface area contributed by atoms with Crippen molar-refractivity contribution in [2.75, 3.05) is 23.3 Å². The standard InChI is InChI=1S/C22H26N6O/c23-21(29)22(15-8-9-15,27-17-6-2-1-3-7-17)16-5-4-12-28(13-16)20-18-10-11-24-19(18)25-14-26-20/h1-3,6-7,10-11,14-16,27H,4-5,8-9,12-13H2,(H2,23,29)(H,24,25,26)/t16-,22?/m1/s1. The van der Waals surface area contributed by atoms with Crippen LogP contribution in [0.5, 0.6) is 0 Å². The van der Waals surface area contributed by atoms with Gasteiger partial charge in [0.05, 0.1) is 5.39 Å². The number of aromatic amines is 1. The highest BCUT2D eigenvalue weighted by Crippen LogP contribution is 2.48. The maximum absolute atomic E-state index is 12.9. The number of fused-ring (bicyclic) bond motifs is 1. The van der Waals surface area contributed by atoms with Gasteiger partial charge >= 0.3 is 0 Å². The number of nitrogens with two attached hydrogens (primary N) is 1. The molecule has 1 saturated carbocycles. The van der Waals surface area contributed by atoms with E-state index in [2.05, 4.69) is 25.2 Å². The summed E-state index contributed by atoms with van der Waals surface area (Å²) in [4.78, 5) is 27.3. The number of primary amides is 1. The number of H-pyrrole nitrogens is 1. The van der Waals surface area contributed by atoms with E-state index in [1.54, 1.807) is 6.33 Å². The molecule has 5 rings (SSSR count). The monoisotopic (exact) mass is 390 g/mol. The Morgan fingerprint density at radius 1 is 1.14 bits per heavy atom. The van der Waals surface area contributed by atoms with E-state index in [1.165, 1.54) is 0 Å². The second-order valence-electron chi connectivity index (χ2n) is 8.22. The van der Waals surface area contributed by atoms with Gasteiger partial charge in [0.2, 0.25) is 5.91 Å². The SMILES string of the molecule is NC(=O)C(Nc1ccccc1)(C1CC1)[C@@H]1CCCN(c2ncnc3[nH]ccc23)C1. The Labute approximate surface area is 169 Å². The number of para-hydroxylation sites is 1. The first-order chi connectivity index (χ1) is 14.2. The normalized spacial score (nSPS) is 21.7. The van der Waals surface area contributed by atoms with E-state index in [0.29, 0.717) is 0 Å². The summed E-state index contributed by atoms with van der Waals surface area (Å²) in [7, 11) is 0. The van der Waals surface area contributed by atoms with Crippen LogP contribution >= 0.6 is 0 Å². The molecule has 4 N–H and O–H groups in total. The number of nitrogens with zero attached hydrogens (tertiary/aromatic N) is 3. The molecule has 2 aliphatic rings. The van der Waals surface area contributed by atoms with Gasteiger partial charge in [-0.1, -0.05) is 18.2 Å². The lowest BCUT2D eigenvalue weighted by Gasteiger charge is -2.45. The van der Waals surface area contributed by atoms with Gasteiger partial charge in [0.15, 0.2) is 0 Å². The van der Waals surface area contributed by atoms with Crippen molar-refractivity contribution in [2.24, 2.45) is 17.6 Å². The minimum Gasteiger partial charge on any atom is -0.371 e. The molecule has 29 heavy (non-hydrogen) atoms. The highest BCUT2D eigenvalue weighted by Gasteiger charge is 2.55. The van der Waals surface area contributed by atoms with Crippen molar-refractivity contribution >= 4 is 28.4 Å². The number of nitrogens with one attached hydrogen (secondary N) is 2. The van der Waals surface area contributed by atoms with Crippen molar-refractivity contribution in [3.8, 4) is 0 Å². The van der Waals surface area contributed by atoms with Gasteiger partial charge in [0, 0.05) is 30.9 Å². The maximum atomic E-state index is 12.9. The molecule has 1 saturated heterocycles. The number of hydrogen-bond acceptors (Lipinski definition) is 5. The van der Waals surface area contributed by atoms with E-state index < -0.39 is 5.54 Å². The molecule has 150 valence electrons. The molecule has 2 aromatic heterocycles. The van der Waals surface area contributed by atoms with Crippen LogP contribution in [0.25, 0.3) is 11.0 Å². The predicted octanol–water partition coefficient (Wildman–Crippen LogP) is 2.92. The molecule has 2 atom stereocenters. The molecule has 3 aromatic rings. The molecule has 1 amide bonds. The zero-order valence-electron chi connectivity index (χ0n) is 16.3. The Hall–Kier alpha value is -3.09. The van der Waals surface area contributed by atoms with E-state index in [9.17, 15) is 4.79 Å². The van der Waals surface area contributed by atoms with Gasteiger partial charge in [-0.3, -0.25) is 4.79 Å². The van der Waals surface area contributed by atoms with Gasteiger partial charge in [-0.25, -0.2) is 9.97 Å². The molecule has 1 aromatic carbocycles. The second-order valence-corrected chi connectivity index (χ2v) is 8.22. The molecule has 2 fully saturated rings. The number of piperidine rings is 1. The zero-order valence-corrected chi connectivity index (χ0v) is 16.3. The van der Waals surface area contributed by atoms with E-state index in [-0.39, 0.29) is 17.7 Å². The molecule has 0 spiro atoms. The lowest BCUT2D eigenvalue weighted by Crippen LogP contribution is -2.61. The third-order valence-electron chi connectivity index (χ3n) is 6.45. The van der Waals surface area contributed by atoms with Crippen LogP contribution in [0.2, 0.25) is 0 Å². The van der Waals surface area contributed by atoms with Crippen molar-refractivity contribution in [2.45, 2.75) is 31.2 Å². The molecule has 1 aliphatic carbocycles. The Kier molecular flexibility index (Phi) is 4.38. The number of hydrogen-bond donors (Lipinski definition) is 3. The molecule has 1 unspecified atom stereocenters. The number of amides is 1. The van der Waals surface area contributed by atoms with Gasteiger partial charge in [-0.15, -0.1) is 0 Å². The smallest absolute Gasteiger partial charge is 0.243 e. The molecule has 1 aliphatic heterocycles. The first kappa shape index (κ1) is 18.0. The molecule has 0 radical (unpaired) electrons. The average Bonchev–Trinajstić information content (AvgIpc) is 3.49. The van der Waals surface area contributed by atoms with Crippen LogP contribution in [0.3, 0.4) is 0 Å². The van der Waals surface area contributed by atoms with Crippen LogP contribution in [0.1, 0.15) is 25.7 Å². The van der Waals surface area contributed by atoms with Gasteiger partial charge in [-0.05, 0) is 49.8 Å². The van der Waals surface area contributed by atoms with Crippen molar-refractivity contribution < 1.29 is 4.79 Å². The van der Waals surface area contributed by atoms with E-state index in [1.807, 2.05) is 42.6 Å². The maximum Gasteiger partial charge on any atom is 0.243 e. The number of rotatable bonds is 6. The van der Waals surface area contributed by atoms with Crippen LogP contribution in [0.4, 0.5) is 11.5 Å². The largest absolute Gasteiger partial charge is 0.371 e. The van der Waals surface area contributed by atoms with Crippen molar-refractivity contribution in [1.29, 1.82) is 0 Å². The van der Waals surface area contributed by atoms with Crippen LogP contribution in [0.15, 0.2) is 48.9 Å². The van der Waals surface area contributed by atoms with Crippen LogP contribution in [0, 0.1) is 11.8 Å². The quantitative estimate of drug-likeness (QED) is 0.601. The molecular weight excluding hydrogens is 364 g/mol. The second kappa shape index (κ2) is 7.06. The molecule has 7 heteroatoms. The molecule has 0 bridgehead atoms. The number of aromatic nitrogens is 3. The fraction of sp³-hybridized carbons (Fsp3) is 0.409. The van der Waals surface area contributed by atoms with Crippen molar-refractivity contribution in [3.63, 3.8) is 0 Å². The van der Waals surface area contributed by atoms with Crippen molar-refractivity contribution in [3.05, 3.63) is 48.9 Å². The summed E-state index contributed by atoms with van der Waals surface area (Å²) in [6.45, 7) is 1.66. The van der Waals surface area contributed by atoms with Crippen LogP contribution in [-0.2, 0) is 4.79 Å². The summed E-state index contributed by atoms with van der Waals surface area (Å²) in [6.07, 6.45) is 7.53. The minimum atomic E-state index is -0.732. The lowest BCUT2D eigenvalue weighted by atomic mass is 9.74. The molecule has 7 nitrogen and oxygen atoms in total. The number of carbonyl (C=O) groups excluding carboxylic acids is 1. The third kappa shape index (κ3) is 3.10. The van der Waals surface area contributed by atoms with Gasteiger partial charge in [-0.2, -0.15) is 0 Å². The summed E-state index contributed by atoms with van der Waals surface area (Å²) >= 11 is 0. The van der Waals surface area contributed by atoms with Crippen LogP contribution < -0.4 is 16.0 Å². The van der Waals surface area contributed by atoms with E-state index in [4.69, 9.17) is 5.73 Å². The predicted molar refractivity (Wildman–Crippen MR) is 114 cm³/mol. The lowest BCUT2D eigenvalue weighted by molar-refractivity contribution is -0.125. The first-order valence-electron chi connectivity index (χ1n) is 10.3. The summed E-state index contributed by atoms with van der Waals surface area (Å²) < 4.78 is 0. The van der Waals surface area contributed by atoms with Gasteiger partial charge in [0.1, 0.15) is 23.3 Å². The van der Waals surface area contributed by atoms with E-state index >= 15 is 0 Å². The highest BCUT2D eigenvalue weighted by atomic mass is 16.1. The third-order valence-corrected chi connectivity index (χ3v) is 6.45. The Bertz CT molecular complexity index is 1010. The first-order valence-corrected chi connectivity index (χ1v) is 10.3. The summed E-state index contributed by atoms with van der Waals surface area (Å²) in [5.41, 5.74) is 7.15. The highest BCUT2D eigenvalue weighted by molar-refractivity contribution is 5.90. The number of anilines is 2. The van der Waals surface area contributed by atoms with Crippen molar-refractivity contribution in [1.82, 2.24) is 15.0 Å². The van der Waals surface area contributed by atoms with Gasteiger partial charge < -0.3 is 20.9 Å². The van der Waals surface area contributed by atoms with Crippen LogP contribution in [-0.4, -0.2) is 39.5 Å². The Morgan fingerprint density at radius 3 is 2.72 bits per heavy atom. The summed E-state index contributed by atoms with van der Waals surface area (Å²) in [5, 5.41) is 4.60. The Morgan fingerprint density at radius 2 is 1.97 bits per heavy atom. The Balaban J connectivity index is 1.49. The molecule has 3 heterocycles. The number of carbonyl (C=O) groups is 1. The molecular formula is C22H26N6O. The minimum absolute atomic E-state index is 0.116. The fourth-order valence-corrected chi connectivity index (χ4v) is 4.95. The number of benzene rings is 1. The average molecular weight is 390 g/mol.